The molecule has 0 bridgehead atoms. The van der Waals surface area contributed by atoms with Crippen LogP contribution in [0.5, 0.6) is 0 Å². The van der Waals surface area contributed by atoms with Crippen LogP contribution < -0.4 is 4.72 Å². The van der Waals surface area contributed by atoms with Gasteiger partial charge in [-0.2, -0.15) is 13.2 Å². The minimum Gasteiger partial charge on any atom is -0.462 e. The molecule has 1 aliphatic carbocycles. The molecule has 2 atom stereocenters. The number of ether oxygens (including phenoxy) is 1. The first-order chi connectivity index (χ1) is 11.6. The van der Waals surface area contributed by atoms with Gasteiger partial charge in [0.25, 0.3) is 0 Å². The van der Waals surface area contributed by atoms with Gasteiger partial charge in [0, 0.05) is 6.04 Å². The topological polar surface area (TPSA) is 72.5 Å². The number of halogens is 3. The third-order valence-corrected chi connectivity index (χ3v) is 5.67. The van der Waals surface area contributed by atoms with Crippen molar-refractivity contribution in [1.82, 2.24) is 4.72 Å². The molecule has 0 spiro atoms. The van der Waals surface area contributed by atoms with E-state index in [1.54, 1.807) is 6.92 Å². The van der Waals surface area contributed by atoms with Gasteiger partial charge in [-0.25, -0.2) is 17.9 Å². The van der Waals surface area contributed by atoms with Crippen LogP contribution in [0.15, 0.2) is 29.2 Å². The van der Waals surface area contributed by atoms with Crippen LogP contribution in [0.25, 0.3) is 0 Å². The van der Waals surface area contributed by atoms with E-state index >= 15 is 0 Å². The number of alkyl halides is 3. The highest BCUT2D eigenvalue weighted by molar-refractivity contribution is 7.89. The molecule has 0 radical (unpaired) electrons. The normalized spacial score (nSPS) is 21.8. The Bertz CT molecular complexity index is 701. The molecule has 9 heteroatoms. The number of carbonyl (C=O) groups excluding carboxylic acids is 1. The number of nitrogens with one attached hydrogen (secondary N) is 1. The molecule has 1 aromatic carbocycles. The summed E-state index contributed by atoms with van der Waals surface area (Å²) in [5, 5.41) is 0. The Balaban J connectivity index is 2.16. The molecule has 2 rings (SSSR count). The van der Waals surface area contributed by atoms with E-state index in [0.29, 0.717) is 12.8 Å². The van der Waals surface area contributed by atoms with Crippen LogP contribution in [0.4, 0.5) is 13.2 Å². The van der Waals surface area contributed by atoms with Crippen molar-refractivity contribution in [3.63, 3.8) is 0 Å². The van der Waals surface area contributed by atoms with Gasteiger partial charge in [-0.3, -0.25) is 0 Å². The number of rotatable bonds is 5. The minimum atomic E-state index is -4.44. The van der Waals surface area contributed by atoms with E-state index in [0.717, 1.165) is 0 Å². The highest BCUT2D eigenvalue weighted by atomic mass is 32.2. The average Bonchev–Trinajstić information content (AvgIpc) is 2.54. The van der Waals surface area contributed by atoms with Crippen LogP contribution in [0.3, 0.4) is 0 Å². The maximum Gasteiger partial charge on any atom is 0.393 e. The zero-order valence-corrected chi connectivity index (χ0v) is 14.5. The molecule has 140 valence electrons. The summed E-state index contributed by atoms with van der Waals surface area (Å²) in [5.41, 5.74) is 0.173. The quantitative estimate of drug-likeness (QED) is 0.797. The maximum atomic E-state index is 13.1. The molecule has 0 heterocycles. The molecule has 0 amide bonds. The Kier molecular flexibility index (Phi) is 6.10. The van der Waals surface area contributed by atoms with Crippen LogP contribution >= 0.6 is 0 Å². The monoisotopic (exact) mass is 379 g/mol. The van der Waals surface area contributed by atoms with Gasteiger partial charge < -0.3 is 4.74 Å². The van der Waals surface area contributed by atoms with E-state index in [1.807, 2.05) is 0 Å². The van der Waals surface area contributed by atoms with Gasteiger partial charge >= 0.3 is 12.1 Å². The van der Waals surface area contributed by atoms with Gasteiger partial charge in [-0.15, -0.1) is 0 Å². The Labute approximate surface area is 144 Å². The number of hydrogen-bond acceptors (Lipinski definition) is 4. The van der Waals surface area contributed by atoms with Crippen LogP contribution in [0, 0.1) is 5.92 Å². The first-order valence-electron chi connectivity index (χ1n) is 8.01. The van der Waals surface area contributed by atoms with E-state index < -0.39 is 34.1 Å². The maximum absolute atomic E-state index is 13.1. The first kappa shape index (κ1) is 19.7. The van der Waals surface area contributed by atoms with Gasteiger partial charge in [-0.05, 0) is 44.0 Å². The molecule has 1 N–H and O–H groups in total. The summed E-state index contributed by atoms with van der Waals surface area (Å²) < 4.78 is 71.0. The first-order valence-corrected chi connectivity index (χ1v) is 9.49. The molecular weight excluding hydrogens is 359 g/mol. The van der Waals surface area contributed by atoms with E-state index in [9.17, 15) is 26.4 Å². The van der Waals surface area contributed by atoms with Gasteiger partial charge in [0.05, 0.1) is 23.0 Å². The highest BCUT2D eigenvalue weighted by Gasteiger charge is 2.46. The van der Waals surface area contributed by atoms with E-state index in [1.165, 1.54) is 24.3 Å². The molecule has 1 saturated carbocycles. The van der Waals surface area contributed by atoms with Crippen molar-refractivity contribution >= 4 is 16.0 Å². The Morgan fingerprint density at radius 3 is 2.36 bits per heavy atom. The second kappa shape index (κ2) is 7.74. The summed E-state index contributed by atoms with van der Waals surface area (Å²) in [6.45, 7) is 1.82. The Hall–Kier alpha value is -1.61. The molecule has 0 saturated heterocycles. The molecule has 0 aromatic heterocycles. The lowest BCUT2D eigenvalue weighted by atomic mass is 9.85. The molecule has 1 aliphatic rings. The number of sulfonamides is 1. The van der Waals surface area contributed by atoms with Crippen molar-refractivity contribution in [3.05, 3.63) is 29.8 Å². The van der Waals surface area contributed by atoms with E-state index in [4.69, 9.17) is 4.74 Å². The van der Waals surface area contributed by atoms with Crippen molar-refractivity contribution in [3.8, 4) is 0 Å². The summed E-state index contributed by atoms with van der Waals surface area (Å²) in [7, 11) is -4.11. The number of benzene rings is 1. The fourth-order valence-electron chi connectivity index (χ4n) is 2.92. The van der Waals surface area contributed by atoms with Gasteiger partial charge in [0.15, 0.2) is 0 Å². The molecule has 0 unspecified atom stereocenters. The van der Waals surface area contributed by atoms with Crippen molar-refractivity contribution in [2.45, 2.75) is 49.7 Å². The minimum absolute atomic E-state index is 0.0848. The lowest BCUT2D eigenvalue weighted by Crippen LogP contribution is -2.47. The molecule has 0 aliphatic heterocycles. The molecular formula is C16H20F3NO4S. The van der Waals surface area contributed by atoms with Crippen LogP contribution in [-0.2, 0) is 14.8 Å². The Morgan fingerprint density at radius 1 is 1.20 bits per heavy atom. The number of carbonyl (C=O) groups is 1. The predicted molar refractivity (Wildman–Crippen MR) is 84.5 cm³/mol. The second-order valence-electron chi connectivity index (χ2n) is 5.91. The van der Waals surface area contributed by atoms with Crippen molar-refractivity contribution < 1.29 is 31.1 Å². The van der Waals surface area contributed by atoms with Crippen molar-refractivity contribution in [1.29, 1.82) is 0 Å². The number of hydrogen-bond donors (Lipinski definition) is 1. The summed E-state index contributed by atoms with van der Waals surface area (Å²) in [6.07, 6.45) is -3.41. The third-order valence-electron chi connectivity index (χ3n) is 4.17. The largest absolute Gasteiger partial charge is 0.462 e. The summed E-state index contributed by atoms with van der Waals surface area (Å²) in [5.74, 6) is -2.28. The fourth-order valence-corrected chi connectivity index (χ4v) is 4.23. The third kappa shape index (κ3) is 4.94. The van der Waals surface area contributed by atoms with Crippen LogP contribution in [0.2, 0.25) is 0 Å². The van der Waals surface area contributed by atoms with Crippen molar-refractivity contribution in [2.24, 2.45) is 5.92 Å². The average molecular weight is 379 g/mol. The smallest absolute Gasteiger partial charge is 0.393 e. The second-order valence-corrected chi connectivity index (χ2v) is 7.62. The zero-order chi connectivity index (χ0) is 18.7. The standard InChI is InChI=1S/C16H20F3NO4S/c1-2-24-15(21)11-7-9-12(10-8-11)25(22,23)20-14-6-4-3-5-13(14)16(17,18)19/h7-10,13-14,20H,2-6H2,1H3/t13-,14+/m0/s1. The van der Waals surface area contributed by atoms with E-state index in [2.05, 4.69) is 4.72 Å². The fraction of sp³-hybridized carbons (Fsp3) is 0.562. The van der Waals surface area contributed by atoms with Gasteiger partial charge in [0.2, 0.25) is 10.0 Å². The van der Waals surface area contributed by atoms with Crippen LogP contribution in [-0.4, -0.2) is 33.2 Å². The zero-order valence-electron chi connectivity index (χ0n) is 13.7. The summed E-state index contributed by atoms with van der Waals surface area (Å²) >= 11 is 0. The van der Waals surface area contributed by atoms with Gasteiger partial charge in [-0.1, -0.05) is 12.8 Å². The Morgan fingerprint density at radius 2 is 1.80 bits per heavy atom. The SMILES string of the molecule is CCOC(=O)c1ccc(S(=O)(=O)N[C@@H]2CCCC[C@@H]2C(F)(F)F)cc1. The van der Waals surface area contributed by atoms with E-state index in [-0.39, 0.29) is 29.9 Å². The predicted octanol–water partition coefficient (Wildman–Crippen LogP) is 3.26. The molecule has 25 heavy (non-hydrogen) atoms. The number of esters is 1. The molecule has 5 nitrogen and oxygen atoms in total. The molecule has 1 aromatic rings. The summed E-state index contributed by atoms with van der Waals surface area (Å²) in [6, 6.07) is 3.73. The lowest BCUT2D eigenvalue weighted by Gasteiger charge is -2.33. The molecule has 1 fully saturated rings. The van der Waals surface area contributed by atoms with Crippen molar-refractivity contribution in [2.75, 3.05) is 6.61 Å². The lowest BCUT2D eigenvalue weighted by molar-refractivity contribution is -0.187. The highest BCUT2D eigenvalue weighted by Crippen LogP contribution is 2.38. The van der Waals surface area contributed by atoms with Gasteiger partial charge in [0.1, 0.15) is 0 Å². The van der Waals surface area contributed by atoms with Crippen LogP contribution in [0.1, 0.15) is 43.0 Å². The summed E-state index contributed by atoms with van der Waals surface area (Å²) in [4.78, 5) is 11.4.